The lowest BCUT2D eigenvalue weighted by atomic mass is 10.0. The second-order valence-electron chi connectivity index (χ2n) is 9.64. The van der Waals surface area contributed by atoms with Crippen molar-refractivity contribution in [2.24, 2.45) is 0 Å². The summed E-state index contributed by atoms with van der Waals surface area (Å²) in [5.74, 6) is 0. The SMILES string of the molecule is CCCCN(P(Cc1ccccc1)c1ccccc1)P1C(c2ccccc2)CC[C@H]1c1ccccc1. The average Bonchev–Trinajstić information content (AvgIpc) is 3.39. The van der Waals surface area contributed by atoms with E-state index in [0.29, 0.717) is 11.3 Å². The van der Waals surface area contributed by atoms with Crippen LogP contribution in [0.3, 0.4) is 0 Å². The summed E-state index contributed by atoms with van der Waals surface area (Å²) < 4.78 is 3.04. The van der Waals surface area contributed by atoms with E-state index in [-0.39, 0.29) is 0 Å². The van der Waals surface area contributed by atoms with Crippen molar-refractivity contribution < 1.29 is 0 Å². The van der Waals surface area contributed by atoms with Crippen LogP contribution in [0, 0.1) is 0 Å². The van der Waals surface area contributed by atoms with E-state index in [0.717, 1.165) is 6.16 Å². The molecule has 1 nitrogen and oxygen atoms in total. The molecule has 4 aromatic carbocycles. The number of hydrogen-bond donors (Lipinski definition) is 0. The molecule has 0 bridgehead atoms. The molecule has 0 aromatic heterocycles. The van der Waals surface area contributed by atoms with E-state index in [4.69, 9.17) is 0 Å². The third-order valence-electron chi connectivity index (χ3n) is 7.21. The molecule has 0 saturated carbocycles. The van der Waals surface area contributed by atoms with Crippen molar-refractivity contribution in [1.29, 1.82) is 0 Å². The number of nitrogens with zero attached hydrogens (tertiary/aromatic N) is 1. The van der Waals surface area contributed by atoms with Crippen LogP contribution in [-0.2, 0) is 6.16 Å². The maximum absolute atomic E-state index is 3.04. The van der Waals surface area contributed by atoms with Gasteiger partial charge in [0.1, 0.15) is 0 Å². The van der Waals surface area contributed by atoms with Crippen LogP contribution in [0.25, 0.3) is 0 Å². The van der Waals surface area contributed by atoms with Crippen molar-refractivity contribution in [3.05, 3.63) is 138 Å². The molecule has 1 aliphatic rings. The highest BCUT2D eigenvalue weighted by atomic mass is 31.2. The number of benzene rings is 4. The number of hydrogen-bond acceptors (Lipinski definition) is 1. The van der Waals surface area contributed by atoms with Crippen molar-refractivity contribution in [3.8, 4) is 0 Å². The van der Waals surface area contributed by atoms with E-state index >= 15 is 0 Å². The predicted octanol–water partition coefficient (Wildman–Crippen LogP) is 9.68. The molecular formula is C33H37NP2. The highest BCUT2D eigenvalue weighted by Crippen LogP contribution is 2.76. The molecule has 36 heavy (non-hydrogen) atoms. The Morgan fingerprint density at radius 1 is 0.667 bits per heavy atom. The normalized spacial score (nSPS) is 20.4. The van der Waals surface area contributed by atoms with Crippen LogP contribution in [-0.4, -0.2) is 11.0 Å². The van der Waals surface area contributed by atoms with Crippen molar-refractivity contribution in [2.45, 2.75) is 50.1 Å². The maximum Gasteiger partial charge on any atom is 0.0183 e. The second kappa shape index (κ2) is 12.8. The zero-order valence-corrected chi connectivity index (χ0v) is 23.1. The van der Waals surface area contributed by atoms with Crippen molar-refractivity contribution >= 4 is 21.4 Å². The molecular weight excluding hydrogens is 472 g/mol. The van der Waals surface area contributed by atoms with Gasteiger partial charge in [-0.3, -0.25) is 4.44 Å². The van der Waals surface area contributed by atoms with E-state index in [1.165, 1.54) is 54.2 Å². The Morgan fingerprint density at radius 3 is 1.64 bits per heavy atom. The van der Waals surface area contributed by atoms with Gasteiger partial charge in [0.15, 0.2) is 0 Å². The third-order valence-corrected chi connectivity index (χ3v) is 13.9. The van der Waals surface area contributed by atoms with Gasteiger partial charge in [0.2, 0.25) is 0 Å². The number of unbranched alkanes of at least 4 members (excludes halogenated alkanes) is 1. The average molecular weight is 510 g/mol. The van der Waals surface area contributed by atoms with E-state index in [1.54, 1.807) is 0 Å². The van der Waals surface area contributed by atoms with Crippen LogP contribution in [0.4, 0.5) is 0 Å². The molecule has 3 heteroatoms. The first-order chi connectivity index (χ1) is 17.8. The molecule has 0 radical (unpaired) electrons. The monoisotopic (exact) mass is 509 g/mol. The lowest BCUT2D eigenvalue weighted by molar-refractivity contribution is 0.627. The molecule has 184 valence electrons. The Bertz CT molecular complexity index is 1120. The Labute approximate surface area is 220 Å². The molecule has 4 atom stereocenters. The summed E-state index contributed by atoms with van der Waals surface area (Å²) in [6.07, 6.45) is 6.16. The van der Waals surface area contributed by atoms with Crippen LogP contribution < -0.4 is 5.30 Å². The summed E-state index contributed by atoms with van der Waals surface area (Å²) in [5, 5.41) is 1.51. The first kappa shape index (κ1) is 25.4. The Kier molecular flexibility index (Phi) is 9.00. The Balaban J connectivity index is 1.61. The van der Waals surface area contributed by atoms with Gasteiger partial charge in [-0.05, 0) is 49.3 Å². The molecule has 5 rings (SSSR count). The summed E-state index contributed by atoms with van der Waals surface area (Å²) >= 11 is 0. The lowest BCUT2D eigenvalue weighted by Gasteiger charge is -2.42. The van der Waals surface area contributed by atoms with E-state index in [9.17, 15) is 0 Å². The Morgan fingerprint density at radius 2 is 1.14 bits per heavy atom. The van der Waals surface area contributed by atoms with Crippen LogP contribution in [0.2, 0.25) is 0 Å². The van der Waals surface area contributed by atoms with Crippen LogP contribution in [0.1, 0.15) is 60.6 Å². The Hall–Kier alpha value is -2.30. The maximum atomic E-state index is 3.04. The number of rotatable bonds is 10. The van der Waals surface area contributed by atoms with Gasteiger partial charge < -0.3 is 0 Å². The zero-order valence-electron chi connectivity index (χ0n) is 21.3. The minimum Gasteiger partial charge on any atom is -0.255 e. The van der Waals surface area contributed by atoms with Crippen LogP contribution in [0.5, 0.6) is 0 Å². The first-order valence-electron chi connectivity index (χ1n) is 13.4. The van der Waals surface area contributed by atoms with E-state index in [2.05, 4.69) is 133 Å². The standard InChI is InChI=1S/C33H37NP2/c1-2-3-26-34(35(31-22-14-7-15-23-31)27-28-16-8-4-9-17-28)36-32(29-18-10-5-11-19-29)24-25-33(36)30-20-12-6-13-21-30/h4-23,32-33H,2-3,24-27H2,1H3/t32-,33?,35?,36?/m0/s1. The molecule has 0 amide bonds. The molecule has 1 heterocycles. The predicted molar refractivity (Wildman–Crippen MR) is 159 cm³/mol. The van der Waals surface area contributed by atoms with Gasteiger partial charge in [0.05, 0.1) is 0 Å². The smallest absolute Gasteiger partial charge is 0.0183 e. The van der Waals surface area contributed by atoms with Crippen molar-refractivity contribution in [3.63, 3.8) is 0 Å². The molecule has 0 N–H and O–H groups in total. The summed E-state index contributed by atoms with van der Waals surface area (Å²) in [4.78, 5) is 0. The summed E-state index contributed by atoms with van der Waals surface area (Å²) in [7, 11) is -0.887. The van der Waals surface area contributed by atoms with E-state index < -0.39 is 16.1 Å². The van der Waals surface area contributed by atoms with Gasteiger partial charge in [-0.15, -0.1) is 0 Å². The largest absolute Gasteiger partial charge is 0.255 e. The summed E-state index contributed by atoms with van der Waals surface area (Å²) in [5.41, 5.74) is 5.76. The first-order valence-corrected chi connectivity index (χ1v) is 16.3. The van der Waals surface area contributed by atoms with Crippen LogP contribution in [0.15, 0.2) is 121 Å². The molecule has 4 aromatic rings. The van der Waals surface area contributed by atoms with Gasteiger partial charge in [-0.25, -0.2) is 0 Å². The second-order valence-corrected chi connectivity index (χ2v) is 14.6. The van der Waals surface area contributed by atoms with Gasteiger partial charge in [0, 0.05) is 32.1 Å². The molecule has 3 unspecified atom stereocenters. The molecule has 1 saturated heterocycles. The lowest BCUT2D eigenvalue weighted by Crippen LogP contribution is -2.23. The fraction of sp³-hybridized carbons (Fsp3) is 0.273. The van der Waals surface area contributed by atoms with Crippen molar-refractivity contribution in [2.75, 3.05) is 6.54 Å². The molecule has 1 fully saturated rings. The molecule has 0 spiro atoms. The van der Waals surface area contributed by atoms with Gasteiger partial charge in [0.25, 0.3) is 0 Å². The fourth-order valence-electron chi connectivity index (χ4n) is 5.43. The van der Waals surface area contributed by atoms with Gasteiger partial charge >= 0.3 is 0 Å². The fourth-order valence-corrected chi connectivity index (χ4v) is 13.0. The third kappa shape index (κ3) is 5.98. The van der Waals surface area contributed by atoms with Crippen LogP contribution >= 0.6 is 16.1 Å². The quantitative estimate of drug-likeness (QED) is 0.192. The highest BCUT2D eigenvalue weighted by molar-refractivity contribution is 7.74. The summed E-state index contributed by atoms with van der Waals surface area (Å²) in [6, 6.07) is 45.4. The zero-order chi connectivity index (χ0) is 24.6. The topological polar surface area (TPSA) is 3.24 Å². The highest BCUT2D eigenvalue weighted by Gasteiger charge is 2.43. The van der Waals surface area contributed by atoms with Crippen molar-refractivity contribution in [1.82, 2.24) is 4.44 Å². The molecule has 0 aliphatic carbocycles. The van der Waals surface area contributed by atoms with Gasteiger partial charge in [-0.2, -0.15) is 0 Å². The van der Waals surface area contributed by atoms with E-state index in [1.807, 2.05) is 0 Å². The minimum absolute atomic E-state index is 0.397. The van der Waals surface area contributed by atoms with Gasteiger partial charge in [-0.1, -0.05) is 135 Å². The molecule has 1 aliphatic heterocycles. The minimum atomic E-state index is -0.490. The summed E-state index contributed by atoms with van der Waals surface area (Å²) in [6.45, 7) is 3.52.